The molecule has 4 aliphatic carbocycles. The van der Waals surface area contributed by atoms with Gasteiger partial charge in [0.05, 0.1) is 23.7 Å². The van der Waals surface area contributed by atoms with Crippen molar-refractivity contribution in [1.82, 2.24) is 0 Å². The van der Waals surface area contributed by atoms with Crippen molar-refractivity contribution in [2.75, 3.05) is 0 Å². The van der Waals surface area contributed by atoms with E-state index in [2.05, 4.69) is 38.7 Å². The van der Waals surface area contributed by atoms with Crippen molar-refractivity contribution in [2.45, 2.75) is 110 Å². The van der Waals surface area contributed by atoms with Crippen molar-refractivity contribution in [3.63, 3.8) is 0 Å². The first-order chi connectivity index (χ1) is 16.6. The monoisotopic (exact) mass is 482 g/mol. The zero-order chi connectivity index (χ0) is 25.4. The van der Waals surface area contributed by atoms with Crippen molar-refractivity contribution in [1.29, 1.82) is 0 Å². The molecule has 0 aliphatic heterocycles. The third-order valence-electron chi connectivity index (χ3n) is 9.92. The Morgan fingerprint density at radius 3 is 2.60 bits per heavy atom. The molecule has 0 aromatic heterocycles. The lowest BCUT2D eigenvalue weighted by atomic mass is 9.61. The van der Waals surface area contributed by atoms with E-state index in [0.29, 0.717) is 37.0 Å². The molecule has 0 amide bonds. The van der Waals surface area contributed by atoms with Gasteiger partial charge in [0.1, 0.15) is 5.78 Å². The van der Waals surface area contributed by atoms with Crippen LogP contribution in [0, 0.1) is 28.6 Å². The van der Waals surface area contributed by atoms with E-state index >= 15 is 0 Å². The summed E-state index contributed by atoms with van der Waals surface area (Å²) in [5.74, 6) is 1.70. The van der Waals surface area contributed by atoms with E-state index in [1.807, 2.05) is 13.0 Å². The van der Waals surface area contributed by atoms with Crippen LogP contribution in [0.15, 0.2) is 47.6 Å². The van der Waals surface area contributed by atoms with Crippen LogP contribution in [0.5, 0.6) is 0 Å². The van der Waals surface area contributed by atoms with Crippen LogP contribution >= 0.6 is 0 Å². The Bertz CT molecular complexity index is 907. The van der Waals surface area contributed by atoms with Crippen molar-refractivity contribution < 1.29 is 20.1 Å². The minimum atomic E-state index is -0.656. The molecule has 7 atom stereocenters. The van der Waals surface area contributed by atoms with Gasteiger partial charge in [0.25, 0.3) is 0 Å². The minimum absolute atomic E-state index is 0.231. The average Bonchev–Trinajstić information content (AvgIpc) is 3.55. The van der Waals surface area contributed by atoms with E-state index < -0.39 is 23.7 Å². The first kappa shape index (κ1) is 26.6. The molecule has 4 rings (SSSR count). The summed E-state index contributed by atoms with van der Waals surface area (Å²) >= 11 is 0. The number of allylic oxidation sites excluding steroid dienone is 4. The van der Waals surface area contributed by atoms with Crippen LogP contribution in [0.4, 0.5) is 0 Å². The summed E-state index contributed by atoms with van der Waals surface area (Å²) in [5.41, 5.74) is 2.94. The predicted octanol–water partition coefficient (Wildman–Crippen LogP) is 5.83. The molecule has 0 heterocycles. The van der Waals surface area contributed by atoms with Crippen molar-refractivity contribution in [2.24, 2.45) is 28.6 Å². The highest BCUT2D eigenvalue weighted by molar-refractivity contribution is 5.88. The highest BCUT2D eigenvalue weighted by Gasteiger charge is 2.54. The second-order valence-electron chi connectivity index (χ2n) is 12.2. The Hall–Kier alpha value is -1.49. The molecule has 0 aromatic carbocycles. The summed E-state index contributed by atoms with van der Waals surface area (Å²) < 4.78 is 0. The average molecular weight is 483 g/mol. The minimum Gasteiger partial charge on any atom is -0.393 e. The SMILES string of the molecule is C=C1/C(=C\C=C2/CCC[C@]3(C)[C@@H]([C@H](C)/C=C/[C@H](O)C4(C(=O)CCC)CC4)CC[C@@H]23)C[C@@H](O)C[C@@H]1O. The van der Waals surface area contributed by atoms with Gasteiger partial charge in [-0.2, -0.15) is 0 Å². The zero-order valence-electron chi connectivity index (χ0n) is 22.0. The van der Waals surface area contributed by atoms with Gasteiger partial charge in [-0.1, -0.05) is 57.2 Å². The molecule has 4 fully saturated rings. The molecule has 0 saturated heterocycles. The lowest BCUT2D eigenvalue weighted by Gasteiger charge is -2.44. The van der Waals surface area contributed by atoms with Gasteiger partial charge in [0, 0.05) is 12.8 Å². The smallest absolute Gasteiger partial charge is 0.141 e. The Balaban J connectivity index is 1.45. The Morgan fingerprint density at radius 1 is 1.17 bits per heavy atom. The van der Waals surface area contributed by atoms with Gasteiger partial charge in [-0.15, -0.1) is 0 Å². The maximum atomic E-state index is 12.5. The van der Waals surface area contributed by atoms with Crippen molar-refractivity contribution >= 4 is 5.78 Å². The first-order valence-corrected chi connectivity index (χ1v) is 14.0. The fourth-order valence-electron chi connectivity index (χ4n) is 7.56. The normalized spacial score (nSPS) is 38.6. The number of hydrogen-bond acceptors (Lipinski definition) is 4. The summed E-state index contributed by atoms with van der Waals surface area (Å²) in [6, 6.07) is 0. The molecule has 4 nitrogen and oxygen atoms in total. The van der Waals surface area contributed by atoms with Crippen LogP contribution in [0.2, 0.25) is 0 Å². The zero-order valence-corrected chi connectivity index (χ0v) is 22.0. The van der Waals surface area contributed by atoms with Crippen LogP contribution in [0.25, 0.3) is 0 Å². The Kier molecular flexibility index (Phi) is 7.95. The lowest BCUT2D eigenvalue weighted by Crippen LogP contribution is -2.35. The quantitative estimate of drug-likeness (QED) is 0.380. The summed E-state index contributed by atoms with van der Waals surface area (Å²) in [6.45, 7) is 10.8. The van der Waals surface area contributed by atoms with Gasteiger partial charge in [-0.05, 0) is 92.1 Å². The largest absolute Gasteiger partial charge is 0.393 e. The fraction of sp³-hybridized carbons (Fsp3) is 0.710. The highest BCUT2D eigenvalue weighted by Crippen LogP contribution is 2.59. The molecule has 0 unspecified atom stereocenters. The number of hydrogen-bond donors (Lipinski definition) is 3. The third-order valence-corrected chi connectivity index (χ3v) is 9.92. The summed E-state index contributed by atoms with van der Waals surface area (Å²) in [5, 5.41) is 31.1. The van der Waals surface area contributed by atoms with Crippen molar-refractivity contribution in [3.8, 4) is 0 Å². The highest BCUT2D eigenvalue weighted by atomic mass is 16.3. The second kappa shape index (κ2) is 10.5. The topological polar surface area (TPSA) is 77.8 Å². The van der Waals surface area contributed by atoms with Gasteiger partial charge in [-0.3, -0.25) is 4.79 Å². The van der Waals surface area contributed by atoms with Gasteiger partial charge in [-0.25, -0.2) is 0 Å². The van der Waals surface area contributed by atoms with Crippen LogP contribution < -0.4 is 0 Å². The molecule has 0 bridgehead atoms. The van der Waals surface area contributed by atoms with E-state index in [1.54, 1.807) is 0 Å². The number of carbonyl (C=O) groups excluding carboxylic acids is 1. The third kappa shape index (κ3) is 5.17. The van der Waals surface area contributed by atoms with Gasteiger partial charge in [0.15, 0.2) is 0 Å². The molecule has 0 aromatic rings. The number of carbonyl (C=O) groups is 1. The molecule has 0 spiro atoms. The molecular weight excluding hydrogens is 436 g/mol. The molecule has 4 saturated carbocycles. The van der Waals surface area contributed by atoms with E-state index in [-0.39, 0.29) is 11.2 Å². The Morgan fingerprint density at radius 2 is 1.91 bits per heavy atom. The number of aliphatic hydroxyl groups excluding tert-OH is 3. The number of fused-ring (bicyclic) bond motifs is 1. The van der Waals surface area contributed by atoms with Crippen LogP contribution in [-0.4, -0.2) is 39.4 Å². The van der Waals surface area contributed by atoms with E-state index in [9.17, 15) is 20.1 Å². The number of rotatable bonds is 8. The van der Waals surface area contributed by atoms with E-state index in [0.717, 1.165) is 36.8 Å². The number of aliphatic hydroxyl groups is 3. The Labute approximate surface area is 211 Å². The summed E-state index contributed by atoms with van der Waals surface area (Å²) in [4.78, 5) is 12.5. The lowest BCUT2D eigenvalue weighted by molar-refractivity contribution is -0.127. The first-order valence-electron chi connectivity index (χ1n) is 14.0. The molecule has 194 valence electrons. The van der Waals surface area contributed by atoms with Gasteiger partial charge in [0.2, 0.25) is 0 Å². The van der Waals surface area contributed by atoms with Crippen LogP contribution in [0.3, 0.4) is 0 Å². The molecule has 4 aliphatic rings. The molecule has 4 heteroatoms. The van der Waals surface area contributed by atoms with E-state index in [1.165, 1.54) is 31.3 Å². The van der Waals surface area contributed by atoms with E-state index in [4.69, 9.17) is 0 Å². The molecular formula is C31H46O4. The molecule has 0 radical (unpaired) electrons. The van der Waals surface area contributed by atoms with Crippen molar-refractivity contribution in [3.05, 3.63) is 47.6 Å². The summed E-state index contributed by atoms with van der Waals surface area (Å²) in [7, 11) is 0. The second-order valence-corrected chi connectivity index (χ2v) is 12.2. The molecule has 3 N–H and O–H groups in total. The fourth-order valence-corrected chi connectivity index (χ4v) is 7.56. The standard InChI is InChI=1S/C31H46O4/c1-5-7-28(34)31(16-17-31)29(35)14-9-20(2)25-12-13-26-22(8-6-15-30(25,26)4)10-11-23-18-24(32)19-27(33)21(23)3/h9-11,14,20,24-27,29,32-33,35H,3,5-8,12-13,15-19H2,1-2,4H3/b14-9+,22-10+,23-11-/t20-,24-,25-,26+,27+,29+,30-/m1/s1. The number of Topliss-reactive ketones (excluding diaryl/α,β-unsaturated/α-hetero) is 1. The van der Waals surface area contributed by atoms with Gasteiger partial charge < -0.3 is 15.3 Å². The maximum absolute atomic E-state index is 12.5. The van der Waals surface area contributed by atoms with Gasteiger partial charge >= 0.3 is 0 Å². The number of ketones is 1. The molecule has 35 heavy (non-hydrogen) atoms. The van der Waals surface area contributed by atoms with Crippen LogP contribution in [0.1, 0.15) is 91.4 Å². The predicted molar refractivity (Wildman–Crippen MR) is 141 cm³/mol. The van der Waals surface area contributed by atoms with Crippen LogP contribution in [-0.2, 0) is 4.79 Å². The maximum Gasteiger partial charge on any atom is 0.141 e. The summed E-state index contributed by atoms with van der Waals surface area (Å²) in [6.07, 6.45) is 16.6.